The molecule has 1 aromatic carbocycles. The molecule has 0 amide bonds. The second-order valence-corrected chi connectivity index (χ2v) is 7.87. The largest absolute Gasteiger partial charge is 0.494 e. The molecule has 4 rings (SSSR count). The monoisotopic (exact) mass is 329 g/mol. The zero-order valence-electron chi connectivity index (χ0n) is 14.7. The van der Waals surface area contributed by atoms with Crippen LogP contribution in [-0.2, 0) is 6.42 Å². The highest BCUT2D eigenvalue weighted by molar-refractivity contribution is 5.29. The van der Waals surface area contributed by atoms with E-state index in [2.05, 4.69) is 39.8 Å². The first kappa shape index (κ1) is 16.4. The molecule has 3 saturated heterocycles. The van der Waals surface area contributed by atoms with Crippen molar-refractivity contribution in [2.75, 3.05) is 39.3 Å². The minimum Gasteiger partial charge on any atom is -0.494 e. The van der Waals surface area contributed by atoms with E-state index in [1.807, 2.05) is 0 Å². The van der Waals surface area contributed by atoms with E-state index in [9.17, 15) is 0 Å². The van der Waals surface area contributed by atoms with Crippen LogP contribution in [0.15, 0.2) is 24.3 Å². The molecule has 3 fully saturated rings. The number of rotatable bonds is 7. The maximum absolute atomic E-state index is 5.93. The molecule has 0 aromatic heterocycles. The zero-order chi connectivity index (χ0) is 16.2. The van der Waals surface area contributed by atoms with E-state index < -0.39 is 0 Å². The molecule has 3 heterocycles. The van der Waals surface area contributed by atoms with Crippen LogP contribution >= 0.6 is 0 Å². The molecule has 2 bridgehead atoms. The second-order valence-electron chi connectivity index (χ2n) is 7.87. The van der Waals surface area contributed by atoms with Crippen molar-refractivity contribution in [3.8, 4) is 5.75 Å². The number of nitrogens with zero attached hydrogens (tertiary/aromatic N) is 1. The number of piperazine rings is 1. The van der Waals surface area contributed by atoms with E-state index in [4.69, 9.17) is 4.74 Å². The summed E-state index contributed by atoms with van der Waals surface area (Å²) >= 11 is 0. The van der Waals surface area contributed by atoms with Gasteiger partial charge in [0.25, 0.3) is 0 Å². The number of piperidine rings is 1. The van der Waals surface area contributed by atoms with E-state index in [-0.39, 0.29) is 0 Å². The van der Waals surface area contributed by atoms with E-state index in [0.29, 0.717) is 11.6 Å². The first-order chi connectivity index (χ1) is 11.8. The van der Waals surface area contributed by atoms with Crippen molar-refractivity contribution in [2.24, 2.45) is 0 Å². The lowest BCUT2D eigenvalue weighted by Crippen LogP contribution is -2.50. The van der Waals surface area contributed by atoms with Gasteiger partial charge in [-0.1, -0.05) is 18.6 Å². The molecule has 0 saturated carbocycles. The number of nitrogens with one attached hydrogen (secondary N) is 2. The molecule has 2 N–H and O–H groups in total. The molecule has 0 spiro atoms. The van der Waals surface area contributed by atoms with Crippen molar-refractivity contribution in [1.29, 1.82) is 0 Å². The van der Waals surface area contributed by atoms with Crippen molar-refractivity contribution >= 4 is 0 Å². The van der Waals surface area contributed by atoms with Crippen molar-refractivity contribution in [3.63, 3.8) is 0 Å². The van der Waals surface area contributed by atoms with Crippen LogP contribution in [0.5, 0.6) is 5.75 Å². The quantitative estimate of drug-likeness (QED) is 0.752. The summed E-state index contributed by atoms with van der Waals surface area (Å²) in [6.45, 7) is 6.79. The normalized spacial score (nSPS) is 29.9. The van der Waals surface area contributed by atoms with Gasteiger partial charge >= 0.3 is 0 Å². The predicted octanol–water partition coefficient (Wildman–Crippen LogP) is 2.19. The van der Waals surface area contributed by atoms with E-state index in [1.54, 1.807) is 0 Å². The number of hydrogen-bond acceptors (Lipinski definition) is 4. The lowest BCUT2D eigenvalue weighted by Gasteiger charge is -2.28. The first-order valence-corrected chi connectivity index (χ1v) is 9.74. The number of ether oxygens (including phenoxy) is 1. The molecule has 4 heteroatoms. The molecule has 0 radical (unpaired) electrons. The maximum atomic E-state index is 5.93. The molecule has 3 aliphatic heterocycles. The Morgan fingerprint density at radius 1 is 1.12 bits per heavy atom. The molecule has 2 atom stereocenters. The van der Waals surface area contributed by atoms with Crippen LogP contribution in [-0.4, -0.2) is 55.8 Å². The fourth-order valence-corrected chi connectivity index (χ4v) is 4.53. The van der Waals surface area contributed by atoms with E-state index in [1.165, 1.54) is 50.9 Å². The third-order valence-corrected chi connectivity index (χ3v) is 5.89. The lowest BCUT2D eigenvalue weighted by atomic mass is 9.91. The predicted molar refractivity (Wildman–Crippen MR) is 97.7 cm³/mol. The summed E-state index contributed by atoms with van der Waals surface area (Å²) in [6.07, 6.45) is 7.66. The van der Waals surface area contributed by atoms with Gasteiger partial charge in [-0.2, -0.15) is 0 Å². The highest BCUT2D eigenvalue weighted by atomic mass is 16.5. The molecule has 3 aliphatic rings. The highest BCUT2D eigenvalue weighted by Crippen LogP contribution is 2.29. The van der Waals surface area contributed by atoms with Crippen LogP contribution in [0.25, 0.3) is 0 Å². The Kier molecular flexibility index (Phi) is 5.06. The Hall–Kier alpha value is -1.10. The molecule has 4 nitrogen and oxygen atoms in total. The van der Waals surface area contributed by atoms with Crippen LogP contribution in [0.4, 0.5) is 0 Å². The van der Waals surface area contributed by atoms with E-state index in [0.717, 1.165) is 38.3 Å². The Morgan fingerprint density at radius 3 is 2.62 bits per heavy atom. The molecular formula is C20H31N3O. The fourth-order valence-electron chi connectivity index (χ4n) is 4.53. The van der Waals surface area contributed by atoms with E-state index >= 15 is 0 Å². The van der Waals surface area contributed by atoms with Gasteiger partial charge in [0.05, 0.1) is 6.61 Å². The molecule has 132 valence electrons. The van der Waals surface area contributed by atoms with Crippen molar-refractivity contribution in [1.82, 2.24) is 15.5 Å². The highest BCUT2D eigenvalue weighted by Gasteiger charge is 2.44. The van der Waals surface area contributed by atoms with Crippen LogP contribution in [0.2, 0.25) is 0 Å². The number of hydrogen-bond donors (Lipinski definition) is 2. The summed E-state index contributed by atoms with van der Waals surface area (Å²) in [5.74, 6) is 1.01. The van der Waals surface area contributed by atoms with Gasteiger partial charge in [-0.3, -0.25) is 0 Å². The third-order valence-electron chi connectivity index (χ3n) is 5.89. The van der Waals surface area contributed by atoms with Crippen LogP contribution in [0.3, 0.4) is 0 Å². The summed E-state index contributed by atoms with van der Waals surface area (Å²) in [4.78, 5) is 2.58. The van der Waals surface area contributed by atoms with Gasteiger partial charge in [0, 0.05) is 31.2 Å². The number of likely N-dealkylation sites (tertiary alicyclic amines) is 1. The van der Waals surface area contributed by atoms with Crippen LogP contribution < -0.4 is 15.4 Å². The minimum atomic E-state index is 0.293. The zero-order valence-corrected chi connectivity index (χ0v) is 14.7. The smallest absolute Gasteiger partial charge is 0.119 e. The number of benzene rings is 1. The summed E-state index contributed by atoms with van der Waals surface area (Å²) in [7, 11) is 0. The van der Waals surface area contributed by atoms with Gasteiger partial charge in [0.15, 0.2) is 0 Å². The SMILES string of the molecule is c1cc(OCCCN2CCCCC2)ccc1CC12CNC(CN1)C2. The third kappa shape index (κ3) is 3.93. The average molecular weight is 329 g/mol. The summed E-state index contributed by atoms with van der Waals surface area (Å²) < 4.78 is 5.93. The van der Waals surface area contributed by atoms with Crippen molar-refractivity contribution < 1.29 is 4.74 Å². The van der Waals surface area contributed by atoms with Crippen molar-refractivity contribution in [3.05, 3.63) is 29.8 Å². The number of fused-ring (bicyclic) bond motifs is 2. The maximum Gasteiger partial charge on any atom is 0.119 e. The molecule has 2 unspecified atom stereocenters. The minimum absolute atomic E-state index is 0.293. The van der Waals surface area contributed by atoms with Gasteiger partial charge in [-0.05, 0) is 62.9 Å². The Bertz CT molecular complexity index is 516. The average Bonchev–Trinajstić information content (AvgIpc) is 3.21. The summed E-state index contributed by atoms with van der Waals surface area (Å²) in [6, 6.07) is 9.44. The van der Waals surface area contributed by atoms with Crippen LogP contribution in [0, 0.1) is 0 Å². The van der Waals surface area contributed by atoms with Gasteiger partial charge < -0.3 is 20.3 Å². The molecule has 24 heavy (non-hydrogen) atoms. The van der Waals surface area contributed by atoms with Gasteiger partial charge in [-0.15, -0.1) is 0 Å². The van der Waals surface area contributed by atoms with Gasteiger partial charge in [-0.25, -0.2) is 0 Å². The Labute approximate surface area is 145 Å². The summed E-state index contributed by atoms with van der Waals surface area (Å²) in [5.41, 5.74) is 1.70. The molecule has 0 aliphatic carbocycles. The lowest BCUT2D eigenvalue weighted by molar-refractivity contribution is 0.205. The Morgan fingerprint density at radius 2 is 1.96 bits per heavy atom. The Balaban J connectivity index is 1.20. The summed E-state index contributed by atoms with van der Waals surface area (Å²) in [5, 5.41) is 7.31. The standard InChI is InChI=1S/C20H31N3O/c1-2-9-23(10-3-1)11-4-12-24-19-7-5-17(6-8-19)13-20-14-18(15-22-20)21-16-20/h5-8,18,21-22H,1-4,9-16H2. The van der Waals surface area contributed by atoms with Gasteiger partial charge in [0.2, 0.25) is 0 Å². The van der Waals surface area contributed by atoms with Crippen molar-refractivity contribution in [2.45, 2.75) is 50.1 Å². The fraction of sp³-hybridized carbons (Fsp3) is 0.700. The topological polar surface area (TPSA) is 36.5 Å². The van der Waals surface area contributed by atoms with Gasteiger partial charge in [0.1, 0.15) is 5.75 Å². The molecular weight excluding hydrogens is 298 g/mol. The first-order valence-electron chi connectivity index (χ1n) is 9.74. The molecule has 1 aromatic rings. The van der Waals surface area contributed by atoms with Crippen LogP contribution in [0.1, 0.15) is 37.7 Å². The second kappa shape index (κ2) is 7.42.